The molecule has 3 heteroatoms. The minimum Gasteiger partial charge on any atom is -0.493 e. The number of hydrogen-bond acceptors (Lipinski definition) is 3. The van der Waals surface area contributed by atoms with Gasteiger partial charge in [-0.1, -0.05) is 48.5 Å². The number of hydrogen-bond donors (Lipinski definition) is 1. The van der Waals surface area contributed by atoms with Gasteiger partial charge in [-0.05, 0) is 49.2 Å². The van der Waals surface area contributed by atoms with Crippen molar-refractivity contribution >= 4 is 5.69 Å². The molecule has 1 N–H and O–H groups in total. The Balaban J connectivity index is 1.51. The van der Waals surface area contributed by atoms with E-state index in [-0.39, 0.29) is 6.10 Å². The van der Waals surface area contributed by atoms with Crippen LogP contribution in [-0.2, 0) is 13.0 Å². The molecule has 0 heterocycles. The average Bonchev–Trinajstić information content (AvgIpc) is 2.67. The normalized spacial score (nSPS) is 10.6. The Hall–Kier alpha value is -2.94. The van der Waals surface area contributed by atoms with Crippen molar-refractivity contribution < 1.29 is 9.47 Å². The van der Waals surface area contributed by atoms with Gasteiger partial charge >= 0.3 is 0 Å². The minimum atomic E-state index is 0.179. The van der Waals surface area contributed by atoms with E-state index in [9.17, 15) is 0 Å². The number of anilines is 1. The first-order chi connectivity index (χ1) is 13.2. The van der Waals surface area contributed by atoms with Gasteiger partial charge in [0.15, 0.2) is 0 Å². The first-order valence-corrected chi connectivity index (χ1v) is 9.45. The van der Waals surface area contributed by atoms with Gasteiger partial charge in [0.2, 0.25) is 0 Å². The van der Waals surface area contributed by atoms with Gasteiger partial charge in [-0.25, -0.2) is 0 Å². The molecule has 0 fully saturated rings. The van der Waals surface area contributed by atoms with Crippen molar-refractivity contribution in [2.45, 2.75) is 32.9 Å². The van der Waals surface area contributed by atoms with Crippen LogP contribution < -0.4 is 14.8 Å². The lowest BCUT2D eigenvalue weighted by Gasteiger charge is -2.12. The molecule has 0 spiro atoms. The van der Waals surface area contributed by atoms with Crippen molar-refractivity contribution in [1.82, 2.24) is 0 Å². The van der Waals surface area contributed by atoms with Crippen molar-refractivity contribution in [2.24, 2.45) is 0 Å². The predicted molar refractivity (Wildman–Crippen MR) is 112 cm³/mol. The van der Waals surface area contributed by atoms with Crippen LogP contribution in [0.5, 0.6) is 11.5 Å². The molecule has 0 saturated heterocycles. The zero-order valence-electron chi connectivity index (χ0n) is 16.0. The number of benzene rings is 3. The molecule has 3 aromatic carbocycles. The number of rotatable bonds is 9. The van der Waals surface area contributed by atoms with Gasteiger partial charge in [-0.2, -0.15) is 0 Å². The smallest absolute Gasteiger partial charge is 0.121 e. The summed E-state index contributed by atoms with van der Waals surface area (Å²) in [4.78, 5) is 0. The standard InChI is InChI=1S/C24H27NO2/c1-19(2)27-24-13-6-10-21(16-24)18-25-22-11-7-12-23(17-22)26-15-14-20-8-4-3-5-9-20/h3-13,16-17,19,25H,14-15,18H2,1-2H3. The quantitative estimate of drug-likeness (QED) is 0.530. The third kappa shape index (κ3) is 6.37. The molecular formula is C24H27NO2. The topological polar surface area (TPSA) is 30.5 Å². The molecule has 140 valence electrons. The van der Waals surface area contributed by atoms with Gasteiger partial charge in [-0.15, -0.1) is 0 Å². The fourth-order valence-electron chi connectivity index (χ4n) is 2.83. The van der Waals surface area contributed by atoms with E-state index in [2.05, 4.69) is 47.8 Å². The van der Waals surface area contributed by atoms with Crippen molar-refractivity contribution in [3.8, 4) is 11.5 Å². The molecular weight excluding hydrogens is 334 g/mol. The summed E-state index contributed by atoms with van der Waals surface area (Å²) in [5, 5.41) is 3.45. The molecule has 0 unspecified atom stereocenters. The molecule has 0 atom stereocenters. The molecule has 0 amide bonds. The van der Waals surface area contributed by atoms with E-state index in [0.717, 1.165) is 30.2 Å². The van der Waals surface area contributed by atoms with E-state index in [0.29, 0.717) is 6.61 Å². The zero-order chi connectivity index (χ0) is 18.9. The van der Waals surface area contributed by atoms with Crippen LogP contribution in [0.4, 0.5) is 5.69 Å². The first-order valence-electron chi connectivity index (χ1n) is 9.45. The molecule has 3 nitrogen and oxygen atoms in total. The Labute approximate surface area is 162 Å². The summed E-state index contributed by atoms with van der Waals surface area (Å²) in [7, 11) is 0. The van der Waals surface area contributed by atoms with Crippen molar-refractivity contribution in [2.75, 3.05) is 11.9 Å². The largest absolute Gasteiger partial charge is 0.493 e. The van der Waals surface area contributed by atoms with Gasteiger partial charge in [0.1, 0.15) is 11.5 Å². The van der Waals surface area contributed by atoms with Crippen molar-refractivity contribution in [3.63, 3.8) is 0 Å². The maximum Gasteiger partial charge on any atom is 0.121 e. The molecule has 0 aliphatic carbocycles. The molecule has 27 heavy (non-hydrogen) atoms. The van der Waals surface area contributed by atoms with Crippen LogP contribution in [0.15, 0.2) is 78.9 Å². The Morgan fingerprint density at radius 3 is 2.33 bits per heavy atom. The minimum absolute atomic E-state index is 0.179. The van der Waals surface area contributed by atoms with Crippen LogP contribution in [0.2, 0.25) is 0 Å². The predicted octanol–water partition coefficient (Wildman–Crippen LogP) is 5.71. The third-order valence-corrected chi connectivity index (χ3v) is 4.10. The van der Waals surface area contributed by atoms with E-state index in [4.69, 9.17) is 9.47 Å². The highest BCUT2D eigenvalue weighted by molar-refractivity contribution is 5.48. The third-order valence-electron chi connectivity index (χ3n) is 4.10. The zero-order valence-corrected chi connectivity index (χ0v) is 16.0. The van der Waals surface area contributed by atoms with E-state index >= 15 is 0 Å². The van der Waals surface area contributed by atoms with Gasteiger partial charge in [0.05, 0.1) is 12.7 Å². The second-order valence-electron chi connectivity index (χ2n) is 6.78. The summed E-state index contributed by atoms with van der Waals surface area (Å²) in [5.74, 6) is 1.79. The second kappa shape index (κ2) is 9.67. The molecule has 0 bridgehead atoms. The van der Waals surface area contributed by atoms with Gasteiger partial charge in [0, 0.05) is 24.7 Å². The van der Waals surface area contributed by atoms with E-state index < -0.39 is 0 Å². The molecule has 0 aromatic heterocycles. The van der Waals surface area contributed by atoms with E-state index in [1.165, 1.54) is 11.1 Å². The summed E-state index contributed by atoms with van der Waals surface area (Å²) < 4.78 is 11.7. The van der Waals surface area contributed by atoms with Crippen LogP contribution in [0.1, 0.15) is 25.0 Å². The highest BCUT2D eigenvalue weighted by Gasteiger charge is 2.01. The number of ether oxygens (including phenoxy) is 2. The lowest BCUT2D eigenvalue weighted by atomic mass is 10.2. The maximum atomic E-state index is 5.91. The lowest BCUT2D eigenvalue weighted by Crippen LogP contribution is -2.06. The molecule has 3 aromatic rings. The van der Waals surface area contributed by atoms with Crippen LogP contribution in [0.3, 0.4) is 0 Å². The fraction of sp³-hybridized carbons (Fsp3) is 0.250. The Bertz CT molecular complexity index is 831. The van der Waals surface area contributed by atoms with Crippen LogP contribution >= 0.6 is 0 Å². The van der Waals surface area contributed by atoms with Crippen molar-refractivity contribution in [1.29, 1.82) is 0 Å². The summed E-state index contributed by atoms with van der Waals surface area (Å²) in [5.41, 5.74) is 3.52. The monoisotopic (exact) mass is 361 g/mol. The highest BCUT2D eigenvalue weighted by atomic mass is 16.5. The summed E-state index contributed by atoms with van der Waals surface area (Å²) in [6.45, 7) is 5.48. The van der Waals surface area contributed by atoms with Crippen LogP contribution in [-0.4, -0.2) is 12.7 Å². The number of nitrogens with one attached hydrogen (secondary N) is 1. The second-order valence-corrected chi connectivity index (χ2v) is 6.78. The molecule has 3 rings (SSSR count). The van der Waals surface area contributed by atoms with Gasteiger partial charge < -0.3 is 14.8 Å². The average molecular weight is 361 g/mol. The molecule has 0 aliphatic heterocycles. The van der Waals surface area contributed by atoms with Crippen molar-refractivity contribution in [3.05, 3.63) is 90.0 Å². The SMILES string of the molecule is CC(C)Oc1cccc(CNc2cccc(OCCc3ccccc3)c2)c1. The lowest BCUT2D eigenvalue weighted by molar-refractivity contribution is 0.242. The summed E-state index contributed by atoms with van der Waals surface area (Å²) in [6, 6.07) is 26.7. The van der Waals surface area contributed by atoms with E-state index in [1.807, 2.05) is 50.2 Å². The highest BCUT2D eigenvalue weighted by Crippen LogP contribution is 2.20. The molecule has 0 saturated carbocycles. The summed E-state index contributed by atoms with van der Waals surface area (Å²) >= 11 is 0. The Kier molecular flexibility index (Phi) is 6.75. The fourth-order valence-corrected chi connectivity index (χ4v) is 2.83. The molecule has 0 aliphatic rings. The Morgan fingerprint density at radius 1 is 0.778 bits per heavy atom. The first kappa shape index (κ1) is 18.8. The maximum absolute atomic E-state index is 5.91. The van der Waals surface area contributed by atoms with Gasteiger partial charge in [-0.3, -0.25) is 0 Å². The van der Waals surface area contributed by atoms with Gasteiger partial charge in [0.25, 0.3) is 0 Å². The van der Waals surface area contributed by atoms with Crippen LogP contribution in [0, 0.1) is 0 Å². The Morgan fingerprint density at radius 2 is 1.52 bits per heavy atom. The summed E-state index contributed by atoms with van der Waals surface area (Å²) in [6.07, 6.45) is 1.08. The molecule has 0 radical (unpaired) electrons. The van der Waals surface area contributed by atoms with Crippen LogP contribution in [0.25, 0.3) is 0 Å². The van der Waals surface area contributed by atoms with E-state index in [1.54, 1.807) is 0 Å².